The highest BCUT2D eigenvalue weighted by Gasteiger charge is 2.31. The van der Waals surface area contributed by atoms with E-state index in [1.165, 1.54) is 0 Å². The number of benzene rings is 1. The molecule has 1 saturated heterocycles. The average molecular weight is 471 g/mol. The van der Waals surface area contributed by atoms with E-state index in [1.807, 2.05) is 24.7 Å². The van der Waals surface area contributed by atoms with Crippen molar-refractivity contribution in [1.82, 2.24) is 19.7 Å². The standard InChI is InChI=1S/C25H32F2N6O/c1-14(2)33-24-18(15-3-5-16(6-4-15)32-7-9-34-10-8-32)13-30-25(29)22(24)23(31-33)17-11-20(27)21(28)12-19(17)26/h11-16H,3-10,28H2,1-2H3,(H2,29,30). The van der Waals surface area contributed by atoms with E-state index in [1.54, 1.807) is 0 Å². The zero-order chi connectivity index (χ0) is 24.0. The van der Waals surface area contributed by atoms with Crippen LogP contribution in [0.15, 0.2) is 18.3 Å². The first-order valence-corrected chi connectivity index (χ1v) is 12.1. The first-order chi connectivity index (χ1) is 16.3. The van der Waals surface area contributed by atoms with Crippen molar-refractivity contribution in [2.45, 2.75) is 57.5 Å². The van der Waals surface area contributed by atoms with Gasteiger partial charge in [-0.05, 0) is 57.1 Å². The monoisotopic (exact) mass is 470 g/mol. The number of anilines is 2. The quantitative estimate of drug-likeness (QED) is 0.546. The molecule has 1 aliphatic heterocycles. The van der Waals surface area contributed by atoms with E-state index < -0.39 is 11.6 Å². The number of nitrogen functional groups attached to an aromatic ring is 2. The molecule has 0 unspecified atom stereocenters. The van der Waals surface area contributed by atoms with E-state index >= 15 is 0 Å². The van der Waals surface area contributed by atoms with Crippen LogP contribution >= 0.6 is 0 Å². The van der Waals surface area contributed by atoms with Crippen LogP contribution in [0.2, 0.25) is 0 Å². The Morgan fingerprint density at radius 2 is 1.74 bits per heavy atom. The topological polar surface area (TPSA) is 95.2 Å². The van der Waals surface area contributed by atoms with E-state index in [4.69, 9.17) is 21.3 Å². The van der Waals surface area contributed by atoms with E-state index in [0.29, 0.717) is 23.0 Å². The van der Waals surface area contributed by atoms with Crippen LogP contribution in [-0.4, -0.2) is 52.0 Å². The molecule has 182 valence electrons. The highest BCUT2D eigenvalue weighted by molar-refractivity contribution is 6.02. The van der Waals surface area contributed by atoms with Crippen LogP contribution in [0.5, 0.6) is 0 Å². The molecule has 0 amide bonds. The van der Waals surface area contributed by atoms with E-state index in [2.05, 4.69) is 9.88 Å². The lowest BCUT2D eigenvalue weighted by molar-refractivity contribution is 0.00731. The molecule has 34 heavy (non-hydrogen) atoms. The van der Waals surface area contributed by atoms with Crippen molar-refractivity contribution in [3.8, 4) is 11.3 Å². The number of hydrogen-bond donors (Lipinski definition) is 2. The number of rotatable bonds is 4. The Morgan fingerprint density at radius 1 is 1.03 bits per heavy atom. The maximum absolute atomic E-state index is 14.9. The Hall–Kier alpha value is -2.78. The SMILES string of the molecule is CC(C)n1nc(-c2cc(F)c(N)cc2F)c2c(N)ncc(C3CCC(N4CCOCC4)CC3)c21. The van der Waals surface area contributed by atoms with Gasteiger partial charge in [0.25, 0.3) is 0 Å². The van der Waals surface area contributed by atoms with Crippen LogP contribution in [0.4, 0.5) is 20.3 Å². The fourth-order valence-corrected chi connectivity index (χ4v) is 5.52. The molecule has 1 aromatic carbocycles. The van der Waals surface area contributed by atoms with Gasteiger partial charge in [-0.3, -0.25) is 9.58 Å². The summed E-state index contributed by atoms with van der Waals surface area (Å²) in [4.78, 5) is 7.02. The molecular formula is C25H32F2N6O. The minimum atomic E-state index is -0.687. The Morgan fingerprint density at radius 3 is 2.41 bits per heavy atom. The number of aromatic nitrogens is 3. The summed E-state index contributed by atoms with van der Waals surface area (Å²) in [6, 6.07) is 2.67. The van der Waals surface area contributed by atoms with Crippen LogP contribution in [-0.2, 0) is 4.74 Å². The Bertz CT molecular complexity index is 1200. The summed E-state index contributed by atoms with van der Waals surface area (Å²) in [7, 11) is 0. The number of morpholine rings is 1. The van der Waals surface area contributed by atoms with Crippen molar-refractivity contribution in [2.75, 3.05) is 37.8 Å². The Kier molecular flexibility index (Phi) is 6.16. The van der Waals surface area contributed by atoms with Crippen LogP contribution < -0.4 is 11.5 Å². The first-order valence-electron chi connectivity index (χ1n) is 12.1. The number of fused-ring (bicyclic) bond motifs is 1. The molecule has 1 saturated carbocycles. The maximum atomic E-state index is 14.9. The number of pyridine rings is 1. The van der Waals surface area contributed by atoms with Crippen LogP contribution in [0.1, 0.15) is 57.1 Å². The second-order valence-electron chi connectivity index (χ2n) is 9.72. The third-order valence-electron chi connectivity index (χ3n) is 7.31. The van der Waals surface area contributed by atoms with Gasteiger partial charge in [0.1, 0.15) is 23.1 Å². The van der Waals surface area contributed by atoms with Crippen molar-refractivity contribution < 1.29 is 13.5 Å². The summed E-state index contributed by atoms with van der Waals surface area (Å²) in [6.45, 7) is 7.65. The molecule has 2 fully saturated rings. The number of halogens is 2. The van der Waals surface area contributed by atoms with E-state index in [0.717, 1.165) is 75.2 Å². The minimum Gasteiger partial charge on any atom is -0.396 e. The molecule has 0 bridgehead atoms. The lowest BCUT2D eigenvalue weighted by Gasteiger charge is -2.39. The van der Waals surface area contributed by atoms with Gasteiger partial charge in [0.2, 0.25) is 0 Å². The third-order valence-corrected chi connectivity index (χ3v) is 7.31. The summed E-state index contributed by atoms with van der Waals surface area (Å²) < 4.78 is 36.6. The van der Waals surface area contributed by atoms with Gasteiger partial charge in [-0.15, -0.1) is 0 Å². The van der Waals surface area contributed by atoms with Gasteiger partial charge in [0.15, 0.2) is 0 Å². The molecule has 1 aliphatic carbocycles. The van der Waals surface area contributed by atoms with Gasteiger partial charge in [-0.1, -0.05) is 0 Å². The fourth-order valence-electron chi connectivity index (χ4n) is 5.52. The summed E-state index contributed by atoms with van der Waals surface area (Å²) >= 11 is 0. The lowest BCUT2D eigenvalue weighted by Crippen LogP contribution is -2.44. The van der Waals surface area contributed by atoms with E-state index in [9.17, 15) is 8.78 Å². The molecule has 2 aromatic heterocycles. The van der Waals surface area contributed by atoms with Gasteiger partial charge in [0.05, 0.1) is 29.8 Å². The molecule has 0 atom stereocenters. The van der Waals surface area contributed by atoms with Crippen LogP contribution in [0.3, 0.4) is 0 Å². The maximum Gasteiger partial charge on any atom is 0.146 e. The third kappa shape index (κ3) is 4.01. The molecule has 3 heterocycles. The number of nitrogens with zero attached hydrogens (tertiary/aromatic N) is 4. The molecule has 5 rings (SSSR count). The fraction of sp³-hybridized carbons (Fsp3) is 0.520. The molecule has 0 radical (unpaired) electrons. The Balaban J connectivity index is 1.56. The number of ether oxygens (including phenoxy) is 1. The highest BCUT2D eigenvalue weighted by Crippen LogP contribution is 2.42. The first kappa shape index (κ1) is 23.0. The zero-order valence-electron chi connectivity index (χ0n) is 19.7. The van der Waals surface area contributed by atoms with Crippen LogP contribution in [0.25, 0.3) is 22.2 Å². The van der Waals surface area contributed by atoms with Crippen molar-refractivity contribution >= 4 is 22.4 Å². The second-order valence-corrected chi connectivity index (χ2v) is 9.72. The normalized spacial score (nSPS) is 22.0. The molecule has 7 nitrogen and oxygen atoms in total. The van der Waals surface area contributed by atoms with Gasteiger partial charge in [-0.25, -0.2) is 13.8 Å². The van der Waals surface area contributed by atoms with Crippen molar-refractivity contribution in [3.05, 3.63) is 35.5 Å². The summed E-state index contributed by atoms with van der Waals surface area (Å²) in [5.74, 6) is -0.750. The molecular weight excluding hydrogens is 438 g/mol. The molecule has 4 N–H and O–H groups in total. The summed E-state index contributed by atoms with van der Waals surface area (Å²) in [5, 5.41) is 5.30. The zero-order valence-corrected chi connectivity index (χ0v) is 19.7. The number of nitrogens with two attached hydrogens (primary N) is 2. The minimum absolute atomic E-state index is 0.00294. The molecule has 3 aromatic rings. The van der Waals surface area contributed by atoms with Gasteiger partial charge < -0.3 is 16.2 Å². The largest absolute Gasteiger partial charge is 0.396 e. The predicted octanol–water partition coefficient (Wildman–Crippen LogP) is 4.48. The van der Waals surface area contributed by atoms with Crippen LogP contribution in [0, 0.1) is 11.6 Å². The molecule has 2 aliphatic rings. The lowest BCUT2D eigenvalue weighted by atomic mass is 9.81. The second kappa shape index (κ2) is 9.11. The summed E-state index contributed by atoms with van der Waals surface area (Å²) in [6.07, 6.45) is 6.13. The Labute approximate surface area is 198 Å². The van der Waals surface area contributed by atoms with Crippen molar-refractivity contribution in [1.29, 1.82) is 0 Å². The summed E-state index contributed by atoms with van der Waals surface area (Å²) in [5.41, 5.74) is 13.9. The molecule has 9 heteroatoms. The van der Waals surface area contributed by atoms with Gasteiger partial charge in [-0.2, -0.15) is 5.10 Å². The van der Waals surface area contributed by atoms with Crippen molar-refractivity contribution in [2.24, 2.45) is 0 Å². The van der Waals surface area contributed by atoms with Gasteiger partial charge in [0, 0.05) is 43.0 Å². The molecule has 0 spiro atoms. The average Bonchev–Trinajstić information content (AvgIpc) is 3.24. The smallest absolute Gasteiger partial charge is 0.146 e. The predicted molar refractivity (Wildman–Crippen MR) is 129 cm³/mol. The number of hydrogen-bond acceptors (Lipinski definition) is 6. The van der Waals surface area contributed by atoms with E-state index in [-0.39, 0.29) is 23.1 Å². The van der Waals surface area contributed by atoms with Gasteiger partial charge >= 0.3 is 0 Å². The van der Waals surface area contributed by atoms with Crippen molar-refractivity contribution in [3.63, 3.8) is 0 Å². The highest BCUT2D eigenvalue weighted by atomic mass is 19.1.